The van der Waals surface area contributed by atoms with Crippen molar-refractivity contribution in [2.24, 2.45) is 0 Å². The van der Waals surface area contributed by atoms with Gasteiger partial charge in [0.05, 0.1) is 11.8 Å². The molecule has 1 atom stereocenters. The Morgan fingerprint density at radius 3 is 2.43 bits per heavy atom. The predicted molar refractivity (Wildman–Crippen MR) is 75.4 cm³/mol. The van der Waals surface area contributed by atoms with Crippen LogP contribution in [0.15, 0.2) is 42.7 Å². The zero-order chi connectivity index (χ0) is 16.7. The molecule has 2 aromatic heterocycles. The van der Waals surface area contributed by atoms with Crippen molar-refractivity contribution in [3.63, 3.8) is 0 Å². The highest BCUT2D eigenvalue weighted by atomic mass is 19.4. The van der Waals surface area contributed by atoms with Gasteiger partial charge in [0.25, 0.3) is 0 Å². The summed E-state index contributed by atoms with van der Waals surface area (Å²) in [5, 5.41) is 20.4. The Morgan fingerprint density at radius 2 is 1.87 bits per heavy atom. The molecule has 3 rings (SSSR count). The Kier molecular flexibility index (Phi) is 3.85. The van der Waals surface area contributed by atoms with Crippen molar-refractivity contribution in [2.75, 3.05) is 0 Å². The van der Waals surface area contributed by atoms with Crippen molar-refractivity contribution < 1.29 is 23.4 Å². The molecule has 0 amide bonds. The molecular formula is C16H15F3N2O2. The summed E-state index contributed by atoms with van der Waals surface area (Å²) in [6, 6.07) is 7.39. The lowest BCUT2D eigenvalue weighted by Crippen LogP contribution is -2.49. The van der Waals surface area contributed by atoms with Crippen molar-refractivity contribution >= 4 is 0 Å². The van der Waals surface area contributed by atoms with E-state index in [2.05, 4.69) is 9.97 Å². The van der Waals surface area contributed by atoms with Gasteiger partial charge in [0.2, 0.25) is 0 Å². The normalized spacial score (nSPS) is 25.7. The molecule has 2 N–H and O–H groups in total. The number of aliphatic hydroxyl groups is 2. The molecule has 0 radical (unpaired) electrons. The third-order valence-corrected chi connectivity index (χ3v) is 4.32. The maximum Gasteiger partial charge on any atom is 0.433 e. The second kappa shape index (κ2) is 5.58. The molecule has 0 bridgehead atoms. The van der Waals surface area contributed by atoms with Gasteiger partial charge in [-0.05, 0) is 42.7 Å². The van der Waals surface area contributed by atoms with E-state index in [1.165, 1.54) is 12.3 Å². The lowest BCUT2D eigenvalue weighted by Gasteiger charge is -2.48. The Labute approximate surface area is 130 Å². The SMILES string of the molecule is OC1CC(c2ccnc(C(F)(F)F)c2)(C(O)c2ccccn2)C1. The van der Waals surface area contributed by atoms with Crippen molar-refractivity contribution in [1.29, 1.82) is 0 Å². The minimum Gasteiger partial charge on any atom is -0.393 e. The summed E-state index contributed by atoms with van der Waals surface area (Å²) in [4.78, 5) is 7.43. The first-order valence-electron chi connectivity index (χ1n) is 7.14. The molecule has 1 aliphatic rings. The van der Waals surface area contributed by atoms with Gasteiger partial charge in [0.1, 0.15) is 11.8 Å². The molecule has 7 heteroatoms. The quantitative estimate of drug-likeness (QED) is 0.911. The smallest absolute Gasteiger partial charge is 0.393 e. The summed E-state index contributed by atoms with van der Waals surface area (Å²) in [7, 11) is 0. The van der Waals surface area contributed by atoms with Gasteiger partial charge in [-0.3, -0.25) is 9.97 Å². The van der Waals surface area contributed by atoms with Gasteiger partial charge in [-0.2, -0.15) is 13.2 Å². The van der Waals surface area contributed by atoms with E-state index in [1.54, 1.807) is 18.2 Å². The third kappa shape index (κ3) is 2.82. The highest BCUT2D eigenvalue weighted by molar-refractivity contribution is 5.34. The molecule has 1 unspecified atom stereocenters. The van der Waals surface area contributed by atoms with Crippen molar-refractivity contribution in [3.05, 3.63) is 59.7 Å². The van der Waals surface area contributed by atoms with Crippen LogP contribution in [0, 0.1) is 0 Å². The van der Waals surface area contributed by atoms with Crippen LogP contribution in [0.3, 0.4) is 0 Å². The van der Waals surface area contributed by atoms with Gasteiger partial charge in [-0.15, -0.1) is 0 Å². The van der Waals surface area contributed by atoms with Crippen LogP contribution in [0.4, 0.5) is 13.2 Å². The summed E-state index contributed by atoms with van der Waals surface area (Å²) in [5.74, 6) is 0. The number of nitrogens with zero attached hydrogens (tertiary/aromatic N) is 2. The summed E-state index contributed by atoms with van der Waals surface area (Å²) in [6.07, 6.45) is -3.38. The van der Waals surface area contributed by atoms with E-state index < -0.39 is 29.5 Å². The number of halogens is 3. The van der Waals surface area contributed by atoms with E-state index in [0.29, 0.717) is 11.3 Å². The van der Waals surface area contributed by atoms with Gasteiger partial charge in [-0.25, -0.2) is 0 Å². The van der Waals surface area contributed by atoms with E-state index in [1.807, 2.05) is 0 Å². The van der Waals surface area contributed by atoms with Crippen LogP contribution in [0.25, 0.3) is 0 Å². The maximum absolute atomic E-state index is 12.9. The lowest BCUT2D eigenvalue weighted by molar-refractivity contribution is -0.141. The number of aliphatic hydroxyl groups excluding tert-OH is 2. The first kappa shape index (κ1) is 15.9. The zero-order valence-corrected chi connectivity index (χ0v) is 12.0. The van der Waals surface area contributed by atoms with Crippen LogP contribution < -0.4 is 0 Å². The van der Waals surface area contributed by atoms with E-state index >= 15 is 0 Å². The molecule has 1 saturated carbocycles. The van der Waals surface area contributed by atoms with Gasteiger partial charge < -0.3 is 10.2 Å². The highest BCUT2D eigenvalue weighted by Gasteiger charge is 2.51. The molecule has 122 valence electrons. The van der Waals surface area contributed by atoms with Gasteiger partial charge >= 0.3 is 6.18 Å². The molecule has 0 aliphatic heterocycles. The van der Waals surface area contributed by atoms with E-state index in [-0.39, 0.29) is 12.8 Å². The van der Waals surface area contributed by atoms with E-state index in [9.17, 15) is 23.4 Å². The first-order chi connectivity index (χ1) is 10.8. The van der Waals surface area contributed by atoms with Crippen molar-refractivity contribution in [2.45, 2.75) is 36.6 Å². The van der Waals surface area contributed by atoms with Gasteiger partial charge in [0, 0.05) is 17.8 Å². The molecule has 0 saturated heterocycles. The number of rotatable bonds is 3. The molecular weight excluding hydrogens is 309 g/mol. The van der Waals surface area contributed by atoms with E-state index in [4.69, 9.17) is 0 Å². The zero-order valence-electron chi connectivity index (χ0n) is 12.0. The number of pyridine rings is 2. The van der Waals surface area contributed by atoms with Crippen LogP contribution in [-0.2, 0) is 11.6 Å². The fourth-order valence-electron chi connectivity index (χ4n) is 3.11. The van der Waals surface area contributed by atoms with Gasteiger partial charge in [0.15, 0.2) is 0 Å². The van der Waals surface area contributed by atoms with Crippen LogP contribution in [0.1, 0.15) is 35.9 Å². The Hall–Kier alpha value is -1.99. The minimum absolute atomic E-state index is 0.173. The summed E-state index contributed by atoms with van der Waals surface area (Å²) >= 11 is 0. The molecule has 1 aliphatic carbocycles. The molecule has 23 heavy (non-hydrogen) atoms. The maximum atomic E-state index is 12.9. The van der Waals surface area contributed by atoms with Crippen LogP contribution in [-0.4, -0.2) is 26.3 Å². The summed E-state index contributed by atoms with van der Waals surface area (Å²) in [6.45, 7) is 0. The third-order valence-electron chi connectivity index (χ3n) is 4.32. The number of hydrogen-bond acceptors (Lipinski definition) is 4. The van der Waals surface area contributed by atoms with Crippen molar-refractivity contribution in [3.8, 4) is 0 Å². The molecule has 4 nitrogen and oxygen atoms in total. The standard InChI is InChI=1S/C16H15F3N2O2/c17-16(18,19)13-7-10(4-6-21-13)15(8-11(22)9-15)14(23)12-3-1-2-5-20-12/h1-7,11,14,22-23H,8-9H2. The largest absolute Gasteiger partial charge is 0.433 e. The molecule has 0 spiro atoms. The van der Waals surface area contributed by atoms with Crippen LogP contribution in [0.2, 0.25) is 0 Å². The topological polar surface area (TPSA) is 66.2 Å². The first-order valence-corrected chi connectivity index (χ1v) is 7.14. The predicted octanol–water partition coefficient (Wildman–Crippen LogP) is 2.62. The number of hydrogen-bond donors (Lipinski definition) is 2. The fraction of sp³-hybridized carbons (Fsp3) is 0.375. The summed E-state index contributed by atoms with van der Waals surface area (Å²) < 4.78 is 38.7. The number of alkyl halides is 3. The lowest BCUT2D eigenvalue weighted by atomic mass is 9.59. The minimum atomic E-state index is -4.56. The van der Waals surface area contributed by atoms with Crippen LogP contribution >= 0.6 is 0 Å². The van der Waals surface area contributed by atoms with Crippen molar-refractivity contribution in [1.82, 2.24) is 9.97 Å². The monoisotopic (exact) mass is 324 g/mol. The van der Waals surface area contributed by atoms with Gasteiger partial charge in [-0.1, -0.05) is 6.07 Å². The Balaban J connectivity index is 2.02. The average molecular weight is 324 g/mol. The Morgan fingerprint density at radius 1 is 1.13 bits per heavy atom. The number of aromatic nitrogens is 2. The molecule has 2 heterocycles. The average Bonchev–Trinajstić information content (AvgIpc) is 2.51. The second-order valence-corrected chi connectivity index (χ2v) is 5.80. The van der Waals surface area contributed by atoms with E-state index in [0.717, 1.165) is 12.3 Å². The molecule has 2 aromatic rings. The highest BCUT2D eigenvalue weighted by Crippen LogP contribution is 2.52. The van der Waals surface area contributed by atoms with Crippen LogP contribution in [0.5, 0.6) is 0 Å². The fourth-order valence-corrected chi connectivity index (χ4v) is 3.11. The molecule has 1 fully saturated rings. The second-order valence-electron chi connectivity index (χ2n) is 5.80. The Bertz CT molecular complexity index is 685. The molecule has 0 aromatic carbocycles. The summed E-state index contributed by atoms with van der Waals surface area (Å²) in [5.41, 5.74) is -1.33.